The summed E-state index contributed by atoms with van der Waals surface area (Å²) in [6.07, 6.45) is 3.28. The molecular weight excluding hydrogens is 228 g/mol. The van der Waals surface area contributed by atoms with E-state index in [4.69, 9.17) is 0 Å². The third kappa shape index (κ3) is 2.25. The number of hydrogen-bond donors (Lipinski definition) is 1. The van der Waals surface area contributed by atoms with Crippen molar-refractivity contribution in [2.45, 2.75) is 49.5 Å². The van der Waals surface area contributed by atoms with Gasteiger partial charge in [-0.2, -0.15) is 0 Å². The molecule has 1 nitrogen and oxygen atoms in total. The number of hydrogen-bond acceptors (Lipinski definition) is 2. The van der Waals surface area contributed by atoms with Crippen LogP contribution in [0.5, 0.6) is 0 Å². The SMILES string of the molecule is CC1(C)CCSc2ccc(CC3CC3O)cc21. The lowest BCUT2D eigenvalue weighted by Crippen LogP contribution is -2.22. The molecule has 2 atom stereocenters. The minimum atomic E-state index is -0.0339. The quantitative estimate of drug-likeness (QED) is 0.866. The molecule has 1 saturated carbocycles. The normalized spacial score (nSPS) is 29.8. The summed E-state index contributed by atoms with van der Waals surface area (Å²) >= 11 is 1.99. The van der Waals surface area contributed by atoms with Crippen LogP contribution < -0.4 is 0 Å². The zero-order valence-corrected chi connectivity index (χ0v) is 11.4. The molecule has 1 fully saturated rings. The van der Waals surface area contributed by atoms with Crippen molar-refractivity contribution >= 4 is 11.8 Å². The summed E-state index contributed by atoms with van der Waals surface area (Å²) in [5, 5.41) is 9.42. The molecule has 0 spiro atoms. The molecule has 1 N–H and O–H groups in total. The maximum atomic E-state index is 9.42. The van der Waals surface area contributed by atoms with Gasteiger partial charge in [0.2, 0.25) is 0 Å². The summed E-state index contributed by atoms with van der Waals surface area (Å²) in [6, 6.07) is 6.91. The first kappa shape index (κ1) is 11.6. The van der Waals surface area contributed by atoms with Crippen LogP contribution in [0.1, 0.15) is 37.8 Å². The average Bonchev–Trinajstić information content (AvgIpc) is 2.95. The van der Waals surface area contributed by atoms with E-state index in [2.05, 4.69) is 32.0 Å². The highest BCUT2D eigenvalue weighted by Gasteiger charge is 2.35. The average molecular weight is 248 g/mol. The van der Waals surface area contributed by atoms with Gasteiger partial charge in [-0.25, -0.2) is 0 Å². The summed E-state index contributed by atoms with van der Waals surface area (Å²) in [7, 11) is 0. The maximum absolute atomic E-state index is 9.42. The molecule has 1 aliphatic heterocycles. The van der Waals surface area contributed by atoms with E-state index in [0.717, 1.165) is 12.8 Å². The van der Waals surface area contributed by atoms with Crippen molar-refractivity contribution in [2.75, 3.05) is 5.75 Å². The second-order valence-electron chi connectivity index (χ2n) is 6.08. The molecule has 0 aromatic heterocycles. The van der Waals surface area contributed by atoms with Crippen LogP contribution in [0, 0.1) is 5.92 Å². The van der Waals surface area contributed by atoms with Gasteiger partial charge in [0.15, 0.2) is 0 Å². The molecule has 92 valence electrons. The van der Waals surface area contributed by atoms with Crippen LogP contribution in [-0.4, -0.2) is 17.0 Å². The third-order valence-electron chi connectivity index (χ3n) is 4.14. The lowest BCUT2D eigenvalue weighted by atomic mass is 9.81. The molecule has 2 unspecified atom stereocenters. The van der Waals surface area contributed by atoms with Crippen molar-refractivity contribution in [1.82, 2.24) is 0 Å². The molecule has 1 heterocycles. The molecular formula is C15H20OS. The van der Waals surface area contributed by atoms with E-state index in [0.29, 0.717) is 11.3 Å². The maximum Gasteiger partial charge on any atom is 0.0576 e. The van der Waals surface area contributed by atoms with Crippen LogP contribution in [0.3, 0.4) is 0 Å². The Morgan fingerprint density at radius 1 is 1.41 bits per heavy atom. The van der Waals surface area contributed by atoms with Crippen LogP contribution in [0.2, 0.25) is 0 Å². The van der Waals surface area contributed by atoms with Gasteiger partial charge in [0, 0.05) is 4.90 Å². The first-order valence-electron chi connectivity index (χ1n) is 6.50. The number of aliphatic hydroxyl groups excluding tert-OH is 1. The van der Waals surface area contributed by atoms with Crippen molar-refractivity contribution < 1.29 is 5.11 Å². The highest BCUT2D eigenvalue weighted by molar-refractivity contribution is 7.99. The Balaban J connectivity index is 1.88. The van der Waals surface area contributed by atoms with Gasteiger partial charge in [-0.15, -0.1) is 11.8 Å². The molecule has 0 amide bonds. The van der Waals surface area contributed by atoms with Crippen molar-refractivity contribution in [1.29, 1.82) is 0 Å². The third-order valence-corrected chi connectivity index (χ3v) is 5.22. The van der Waals surface area contributed by atoms with Crippen LogP contribution >= 0.6 is 11.8 Å². The molecule has 1 aromatic carbocycles. The van der Waals surface area contributed by atoms with E-state index in [9.17, 15) is 5.11 Å². The fraction of sp³-hybridized carbons (Fsp3) is 0.600. The van der Waals surface area contributed by atoms with E-state index >= 15 is 0 Å². The Morgan fingerprint density at radius 2 is 2.18 bits per heavy atom. The lowest BCUT2D eigenvalue weighted by Gasteiger charge is -2.32. The van der Waals surface area contributed by atoms with E-state index < -0.39 is 0 Å². The number of rotatable bonds is 2. The summed E-state index contributed by atoms with van der Waals surface area (Å²) in [6.45, 7) is 4.70. The Labute approximate surface area is 108 Å². The minimum absolute atomic E-state index is 0.0339. The lowest BCUT2D eigenvalue weighted by molar-refractivity contribution is 0.259. The number of aliphatic hydroxyl groups is 1. The van der Waals surface area contributed by atoms with E-state index in [1.165, 1.54) is 28.2 Å². The van der Waals surface area contributed by atoms with Crippen molar-refractivity contribution in [3.05, 3.63) is 29.3 Å². The predicted octanol–water partition coefficient (Wildman–Crippen LogP) is 3.38. The first-order chi connectivity index (χ1) is 8.06. The smallest absolute Gasteiger partial charge is 0.0576 e. The van der Waals surface area contributed by atoms with Gasteiger partial charge in [-0.3, -0.25) is 0 Å². The fourth-order valence-electron chi connectivity index (χ4n) is 2.66. The molecule has 0 bridgehead atoms. The van der Waals surface area contributed by atoms with E-state index in [-0.39, 0.29) is 6.10 Å². The standard InChI is InChI=1S/C15H20OS/c1-15(2)5-6-17-14-4-3-10(8-12(14)15)7-11-9-13(11)16/h3-4,8,11,13,16H,5-7,9H2,1-2H3. The molecule has 0 saturated heterocycles. The van der Waals surface area contributed by atoms with Gasteiger partial charge in [-0.1, -0.05) is 26.0 Å². The predicted molar refractivity (Wildman–Crippen MR) is 72.6 cm³/mol. The second-order valence-corrected chi connectivity index (χ2v) is 7.22. The minimum Gasteiger partial charge on any atom is -0.393 e. The summed E-state index contributed by atoms with van der Waals surface area (Å²) < 4.78 is 0. The second kappa shape index (κ2) is 4.03. The van der Waals surface area contributed by atoms with Crippen molar-refractivity contribution in [3.8, 4) is 0 Å². The summed E-state index contributed by atoms with van der Waals surface area (Å²) in [5.74, 6) is 1.76. The van der Waals surface area contributed by atoms with Crippen LogP contribution in [0.25, 0.3) is 0 Å². The topological polar surface area (TPSA) is 20.2 Å². The van der Waals surface area contributed by atoms with Gasteiger partial charge >= 0.3 is 0 Å². The van der Waals surface area contributed by atoms with Crippen molar-refractivity contribution in [2.24, 2.45) is 5.92 Å². The van der Waals surface area contributed by atoms with Crippen LogP contribution in [0.4, 0.5) is 0 Å². The monoisotopic (exact) mass is 248 g/mol. The first-order valence-corrected chi connectivity index (χ1v) is 7.49. The molecule has 2 heteroatoms. The molecule has 17 heavy (non-hydrogen) atoms. The fourth-order valence-corrected chi connectivity index (χ4v) is 4.15. The largest absolute Gasteiger partial charge is 0.393 e. The van der Waals surface area contributed by atoms with Gasteiger partial charge in [0.25, 0.3) is 0 Å². The summed E-state index contributed by atoms with van der Waals surface area (Å²) in [4.78, 5) is 1.46. The van der Waals surface area contributed by atoms with Crippen LogP contribution in [0.15, 0.2) is 23.1 Å². The molecule has 1 aromatic rings. The van der Waals surface area contributed by atoms with Gasteiger partial charge in [0.05, 0.1) is 6.10 Å². The zero-order chi connectivity index (χ0) is 12.0. The van der Waals surface area contributed by atoms with Gasteiger partial charge in [0.1, 0.15) is 0 Å². The Morgan fingerprint density at radius 3 is 2.88 bits per heavy atom. The van der Waals surface area contributed by atoms with Gasteiger partial charge in [-0.05, 0) is 53.5 Å². The molecule has 1 aliphatic carbocycles. The number of thioether (sulfide) groups is 1. The Hall–Kier alpha value is -0.470. The summed E-state index contributed by atoms with van der Waals surface area (Å²) in [5.41, 5.74) is 3.24. The Bertz CT molecular complexity index is 439. The van der Waals surface area contributed by atoms with E-state index in [1.54, 1.807) is 0 Å². The molecule has 2 aliphatic rings. The number of benzene rings is 1. The van der Waals surface area contributed by atoms with E-state index in [1.807, 2.05) is 11.8 Å². The highest BCUT2D eigenvalue weighted by atomic mass is 32.2. The van der Waals surface area contributed by atoms with Crippen LogP contribution in [-0.2, 0) is 11.8 Å². The zero-order valence-electron chi connectivity index (χ0n) is 10.6. The van der Waals surface area contributed by atoms with Gasteiger partial charge < -0.3 is 5.11 Å². The molecule has 0 radical (unpaired) electrons. The highest BCUT2D eigenvalue weighted by Crippen LogP contribution is 2.42. The number of fused-ring (bicyclic) bond motifs is 1. The molecule has 3 rings (SSSR count). The Kier molecular flexibility index (Phi) is 2.75. The van der Waals surface area contributed by atoms with Crippen molar-refractivity contribution in [3.63, 3.8) is 0 Å².